The number of benzene rings is 2. The van der Waals surface area contributed by atoms with Gasteiger partial charge < -0.3 is 9.47 Å². The Morgan fingerprint density at radius 2 is 1.42 bits per heavy atom. The van der Waals surface area contributed by atoms with Crippen LogP contribution in [0.5, 0.6) is 11.5 Å². The average molecular weight is 256 g/mol. The maximum Gasteiger partial charge on any atom is 0.349 e. The van der Waals surface area contributed by atoms with Crippen molar-refractivity contribution in [2.75, 3.05) is 6.61 Å². The number of ether oxygens (including phenoxy) is 2. The summed E-state index contributed by atoms with van der Waals surface area (Å²) in [5, 5.41) is 0. The van der Waals surface area contributed by atoms with Crippen molar-refractivity contribution in [3.8, 4) is 11.5 Å². The number of aryl methyl sites for hydroxylation is 2. The molecule has 0 unspecified atom stereocenters. The van der Waals surface area contributed by atoms with Crippen molar-refractivity contribution in [2.24, 2.45) is 0 Å². The first-order valence-corrected chi connectivity index (χ1v) is 6.11. The van der Waals surface area contributed by atoms with Crippen LogP contribution in [0, 0.1) is 13.8 Å². The summed E-state index contributed by atoms with van der Waals surface area (Å²) in [5.41, 5.74) is 1.91. The van der Waals surface area contributed by atoms with Crippen LogP contribution in [0.4, 0.5) is 0 Å². The molecule has 2 aromatic carbocycles. The van der Waals surface area contributed by atoms with E-state index in [0.717, 1.165) is 11.1 Å². The molecule has 19 heavy (non-hydrogen) atoms. The first-order valence-electron chi connectivity index (χ1n) is 6.11. The number of carbonyl (C=O) groups is 1. The Bertz CT molecular complexity index is 576. The second-order valence-electron chi connectivity index (χ2n) is 4.29. The summed E-state index contributed by atoms with van der Waals surface area (Å²) in [5.74, 6) is 0.864. The molecule has 0 N–H and O–H groups in total. The second kappa shape index (κ2) is 6.05. The fraction of sp³-hybridized carbons (Fsp3) is 0.188. The summed E-state index contributed by atoms with van der Waals surface area (Å²) in [6.07, 6.45) is 0. The van der Waals surface area contributed by atoms with Gasteiger partial charge in [-0.15, -0.1) is 0 Å². The molecule has 2 aromatic rings. The third-order valence-electron chi connectivity index (χ3n) is 2.76. The Morgan fingerprint density at radius 1 is 0.895 bits per heavy atom. The molecule has 0 saturated heterocycles. The van der Waals surface area contributed by atoms with E-state index >= 15 is 0 Å². The summed E-state index contributed by atoms with van der Waals surface area (Å²) in [6, 6.07) is 14.9. The normalized spacial score (nSPS) is 10.0. The zero-order valence-corrected chi connectivity index (χ0v) is 11.1. The first-order chi connectivity index (χ1) is 9.16. The van der Waals surface area contributed by atoms with E-state index < -0.39 is 5.97 Å². The smallest absolute Gasteiger partial charge is 0.349 e. The molecule has 3 heteroatoms. The zero-order chi connectivity index (χ0) is 13.7. The standard InChI is InChI=1S/C16H16O3/c1-12-7-3-5-9-14(12)18-11-16(17)19-15-10-6-4-8-13(15)2/h3-10H,11H2,1-2H3. The van der Waals surface area contributed by atoms with Gasteiger partial charge in [-0.2, -0.15) is 0 Å². The van der Waals surface area contributed by atoms with Gasteiger partial charge in [0.05, 0.1) is 0 Å². The van der Waals surface area contributed by atoms with E-state index in [9.17, 15) is 4.79 Å². The topological polar surface area (TPSA) is 35.5 Å². The molecule has 0 fully saturated rings. The highest BCUT2D eigenvalue weighted by molar-refractivity contribution is 5.74. The number of para-hydroxylation sites is 2. The predicted octanol–water partition coefficient (Wildman–Crippen LogP) is 3.29. The Hall–Kier alpha value is -2.29. The van der Waals surface area contributed by atoms with Crippen molar-refractivity contribution < 1.29 is 14.3 Å². The Balaban J connectivity index is 1.92. The van der Waals surface area contributed by atoms with Gasteiger partial charge in [-0.3, -0.25) is 0 Å². The molecule has 0 radical (unpaired) electrons. The minimum Gasteiger partial charge on any atom is -0.482 e. The molecule has 2 rings (SSSR count). The number of hydrogen-bond acceptors (Lipinski definition) is 3. The molecular formula is C16H16O3. The summed E-state index contributed by atoms with van der Waals surface area (Å²) < 4.78 is 10.7. The molecular weight excluding hydrogens is 240 g/mol. The minimum atomic E-state index is -0.405. The maximum atomic E-state index is 11.7. The van der Waals surface area contributed by atoms with Crippen LogP contribution in [0.3, 0.4) is 0 Å². The third-order valence-corrected chi connectivity index (χ3v) is 2.76. The zero-order valence-electron chi connectivity index (χ0n) is 11.1. The fourth-order valence-electron chi connectivity index (χ4n) is 1.68. The van der Waals surface area contributed by atoms with Crippen LogP contribution in [-0.4, -0.2) is 12.6 Å². The van der Waals surface area contributed by atoms with Crippen molar-refractivity contribution in [1.29, 1.82) is 0 Å². The van der Waals surface area contributed by atoms with Gasteiger partial charge in [0.2, 0.25) is 0 Å². The van der Waals surface area contributed by atoms with Crippen molar-refractivity contribution in [3.05, 3.63) is 59.7 Å². The summed E-state index contributed by atoms with van der Waals surface area (Å²) in [6.45, 7) is 3.73. The average Bonchev–Trinajstić information content (AvgIpc) is 2.40. The lowest BCUT2D eigenvalue weighted by molar-refractivity contribution is -0.136. The van der Waals surface area contributed by atoms with E-state index in [2.05, 4.69) is 0 Å². The molecule has 0 aliphatic heterocycles. The lowest BCUT2D eigenvalue weighted by atomic mass is 10.2. The van der Waals surface area contributed by atoms with Gasteiger partial charge in [0.25, 0.3) is 0 Å². The number of hydrogen-bond donors (Lipinski definition) is 0. The van der Waals surface area contributed by atoms with Gasteiger partial charge in [-0.25, -0.2) is 4.79 Å². The van der Waals surface area contributed by atoms with E-state index in [1.807, 2.05) is 56.3 Å². The summed E-state index contributed by atoms with van der Waals surface area (Å²) in [7, 11) is 0. The van der Waals surface area contributed by atoms with Crippen LogP contribution in [-0.2, 0) is 4.79 Å². The lowest BCUT2D eigenvalue weighted by Gasteiger charge is -2.09. The minimum absolute atomic E-state index is 0.0980. The molecule has 98 valence electrons. The Kier molecular flexibility index (Phi) is 4.18. The highest BCUT2D eigenvalue weighted by Gasteiger charge is 2.08. The number of carbonyl (C=O) groups excluding carboxylic acids is 1. The lowest BCUT2D eigenvalue weighted by Crippen LogP contribution is -2.18. The SMILES string of the molecule is Cc1ccccc1OCC(=O)Oc1ccccc1C. The number of rotatable bonds is 4. The fourth-order valence-corrected chi connectivity index (χ4v) is 1.68. The van der Waals surface area contributed by atoms with Gasteiger partial charge >= 0.3 is 5.97 Å². The summed E-state index contributed by atoms with van der Waals surface area (Å²) >= 11 is 0. The Morgan fingerprint density at radius 3 is 2.00 bits per heavy atom. The first kappa shape index (κ1) is 13.1. The van der Waals surface area contributed by atoms with Crippen LogP contribution >= 0.6 is 0 Å². The van der Waals surface area contributed by atoms with Gasteiger partial charge in [0.1, 0.15) is 11.5 Å². The Labute approximate surface area is 112 Å². The van der Waals surface area contributed by atoms with E-state index in [0.29, 0.717) is 11.5 Å². The van der Waals surface area contributed by atoms with E-state index in [1.165, 1.54) is 0 Å². The van der Waals surface area contributed by atoms with Crippen molar-refractivity contribution >= 4 is 5.97 Å². The van der Waals surface area contributed by atoms with Crippen LogP contribution < -0.4 is 9.47 Å². The molecule has 0 saturated carbocycles. The number of esters is 1. The van der Waals surface area contributed by atoms with Crippen molar-refractivity contribution in [3.63, 3.8) is 0 Å². The van der Waals surface area contributed by atoms with Crippen LogP contribution in [0.15, 0.2) is 48.5 Å². The van der Waals surface area contributed by atoms with Crippen molar-refractivity contribution in [2.45, 2.75) is 13.8 Å². The van der Waals surface area contributed by atoms with Gasteiger partial charge in [0, 0.05) is 0 Å². The largest absolute Gasteiger partial charge is 0.482 e. The van der Waals surface area contributed by atoms with Gasteiger partial charge in [-0.05, 0) is 37.1 Å². The molecule has 0 aliphatic rings. The van der Waals surface area contributed by atoms with E-state index in [1.54, 1.807) is 6.07 Å². The summed E-state index contributed by atoms with van der Waals surface area (Å²) in [4.78, 5) is 11.7. The monoisotopic (exact) mass is 256 g/mol. The van der Waals surface area contributed by atoms with Crippen LogP contribution in [0.2, 0.25) is 0 Å². The highest BCUT2D eigenvalue weighted by atomic mass is 16.6. The predicted molar refractivity (Wildman–Crippen MR) is 73.5 cm³/mol. The van der Waals surface area contributed by atoms with Gasteiger partial charge in [0.15, 0.2) is 6.61 Å². The molecule has 0 heterocycles. The molecule has 3 nitrogen and oxygen atoms in total. The van der Waals surface area contributed by atoms with E-state index in [4.69, 9.17) is 9.47 Å². The van der Waals surface area contributed by atoms with Gasteiger partial charge in [-0.1, -0.05) is 36.4 Å². The second-order valence-corrected chi connectivity index (χ2v) is 4.29. The molecule has 0 atom stereocenters. The molecule has 0 bridgehead atoms. The van der Waals surface area contributed by atoms with Crippen LogP contribution in [0.25, 0.3) is 0 Å². The molecule has 0 spiro atoms. The van der Waals surface area contributed by atoms with Crippen LogP contribution in [0.1, 0.15) is 11.1 Å². The van der Waals surface area contributed by atoms with Crippen molar-refractivity contribution in [1.82, 2.24) is 0 Å². The van der Waals surface area contributed by atoms with E-state index in [-0.39, 0.29) is 6.61 Å². The highest BCUT2D eigenvalue weighted by Crippen LogP contribution is 2.18. The molecule has 0 amide bonds. The quantitative estimate of drug-likeness (QED) is 0.622. The third kappa shape index (κ3) is 3.58. The molecule has 0 aliphatic carbocycles. The maximum absolute atomic E-state index is 11.7. The molecule has 0 aromatic heterocycles.